The Morgan fingerprint density at radius 2 is 2.31 bits per heavy atom. The quantitative estimate of drug-likeness (QED) is 0.758. The van der Waals surface area contributed by atoms with Crippen LogP contribution < -0.4 is 15.8 Å². The van der Waals surface area contributed by atoms with Gasteiger partial charge in [-0.15, -0.1) is 0 Å². The van der Waals surface area contributed by atoms with Crippen LogP contribution in [0, 0.1) is 0 Å². The molecule has 1 aliphatic heterocycles. The second kappa shape index (κ2) is 5.12. The van der Waals surface area contributed by atoms with E-state index in [2.05, 4.69) is 15.3 Å². The largest absolute Gasteiger partial charge is 0.352 e. The van der Waals surface area contributed by atoms with Gasteiger partial charge in [-0.05, 0) is 32.4 Å². The van der Waals surface area contributed by atoms with E-state index in [0.717, 1.165) is 32.4 Å². The molecule has 1 aliphatic rings. The van der Waals surface area contributed by atoms with Crippen molar-refractivity contribution in [3.63, 3.8) is 0 Å². The first-order valence-electron chi connectivity index (χ1n) is 5.76. The summed E-state index contributed by atoms with van der Waals surface area (Å²) in [5.41, 5.74) is -0.109. The zero-order valence-corrected chi connectivity index (χ0v) is 9.57. The summed E-state index contributed by atoms with van der Waals surface area (Å²) in [7, 11) is 1.95. The lowest BCUT2D eigenvalue weighted by atomic mass is 10.1. The Bertz CT molecular complexity index is 382. The first-order chi connectivity index (χ1) is 7.79. The van der Waals surface area contributed by atoms with Crippen LogP contribution in [0.4, 0.5) is 5.82 Å². The minimum absolute atomic E-state index is 0.109. The molecule has 0 spiro atoms. The molecule has 1 aromatic heterocycles. The number of anilines is 1. The van der Waals surface area contributed by atoms with Crippen LogP contribution in [0.3, 0.4) is 0 Å². The molecule has 2 rings (SSSR count). The first kappa shape index (κ1) is 11.1. The summed E-state index contributed by atoms with van der Waals surface area (Å²) in [6, 6.07) is 0.408. The van der Waals surface area contributed by atoms with Gasteiger partial charge in [-0.1, -0.05) is 0 Å². The summed E-state index contributed by atoms with van der Waals surface area (Å²) >= 11 is 0. The second-order valence-corrected chi connectivity index (χ2v) is 4.19. The normalized spacial score (nSPS) is 21.4. The lowest BCUT2D eigenvalue weighted by molar-refractivity contribution is 0.560. The van der Waals surface area contributed by atoms with Crippen LogP contribution in [0.25, 0.3) is 0 Å². The van der Waals surface area contributed by atoms with E-state index in [4.69, 9.17) is 0 Å². The fraction of sp³-hybridized carbons (Fsp3) is 0.636. The molecule has 0 bridgehead atoms. The zero-order valence-electron chi connectivity index (χ0n) is 9.57. The molecular weight excluding hydrogens is 204 g/mol. The van der Waals surface area contributed by atoms with Crippen molar-refractivity contribution in [3.8, 4) is 0 Å². The Morgan fingerprint density at radius 3 is 3.12 bits per heavy atom. The van der Waals surface area contributed by atoms with Gasteiger partial charge >= 0.3 is 0 Å². The molecule has 16 heavy (non-hydrogen) atoms. The monoisotopic (exact) mass is 222 g/mol. The van der Waals surface area contributed by atoms with Crippen LogP contribution in [0.5, 0.6) is 0 Å². The highest BCUT2D eigenvalue weighted by Crippen LogP contribution is 2.15. The van der Waals surface area contributed by atoms with Gasteiger partial charge in [0.1, 0.15) is 0 Å². The van der Waals surface area contributed by atoms with Crippen LogP contribution in [0.1, 0.15) is 19.3 Å². The molecule has 0 amide bonds. The molecule has 1 unspecified atom stereocenters. The molecule has 2 N–H and O–H groups in total. The third-order valence-corrected chi connectivity index (χ3v) is 3.12. The van der Waals surface area contributed by atoms with Crippen molar-refractivity contribution in [1.29, 1.82) is 0 Å². The average molecular weight is 222 g/mol. The number of aromatic nitrogens is 2. The molecule has 1 fully saturated rings. The maximum atomic E-state index is 11.6. The van der Waals surface area contributed by atoms with Crippen molar-refractivity contribution in [2.75, 3.05) is 25.0 Å². The van der Waals surface area contributed by atoms with E-state index in [1.54, 1.807) is 12.4 Å². The minimum Gasteiger partial charge on any atom is -0.352 e. The van der Waals surface area contributed by atoms with Crippen molar-refractivity contribution < 1.29 is 0 Å². The van der Waals surface area contributed by atoms with Crippen molar-refractivity contribution in [3.05, 3.63) is 22.7 Å². The fourth-order valence-electron chi connectivity index (χ4n) is 2.16. The predicted molar refractivity (Wildman–Crippen MR) is 63.8 cm³/mol. The summed E-state index contributed by atoms with van der Waals surface area (Å²) in [5.74, 6) is 0.523. The molecule has 2 heterocycles. The van der Waals surface area contributed by atoms with Gasteiger partial charge in [0.25, 0.3) is 5.56 Å². The molecule has 1 aromatic rings. The number of hydrogen-bond donors (Lipinski definition) is 2. The summed E-state index contributed by atoms with van der Waals surface area (Å²) in [5, 5.41) is 3.37. The maximum absolute atomic E-state index is 11.6. The standard InChI is InChI=1S/C11H18N4O/c1-15(9-3-2-5-12-6-4-9)10-11(16)14-8-7-13-10/h7-9,12H,2-6H2,1H3,(H,14,16). The van der Waals surface area contributed by atoms with Crippen LogP contribution >= 0.6 is 0 Å². The molecule has 1 saturated heterocycles. The predicted octanol–water partition coefficient (Wildman–Crippen LogP) is 0.348. The molecule has 0 radical (unpaired) electrons. The lowest BCUT2D eigenvalue weighted by Crippen LogP contribution is -2.36. The van der Waals surface area contributed by atoms with Gasteiger partial charge in [-0.3, -0.25) is 4.79 Å². The highest BCUT2D eigenvalue weighted by Gasteiger charge is 2.19. The minimum atomic E-state index is -0.109. The topological polar surface area (TPSA) is 61.0 Å². The van der Waals surface area contributed by atoms with Crippen LogP contribution in [-0.2, 0) is 0 Å². The molecular formula is C11H18N4O. The molecule has 0 saturated carbocycles. The highest BCUT2D eigenvalue weighted by atomic mass is 16.1. The Morgan fingerprint density at radius 1 is 1.44 bits per heavy atom. The summed E-state index contributed by atoms with van der Waals surface area (Å²) < 4.78 is 0. The average Bonchev–Trinajstić information content (AvgIpc) is 2.57. The van der Waals surface area contributed by atoms with E-state index in [1.165, 1.54) is 0 Å². The summed E-state index contributed by atoms with van der Waals surface area (Å²) in [6.45, 7) is 2.09. The molecule has 88 valence electrons. The van der Waals surface area contributed by atoms with E-state index in [9.17, 15) is 4.79 Å². The van der Waals surface area contributed by atoms with Gasteiger partial charge in [0.15, 0.2) is 5.82 Å². The lowest BCUT2D eigenvalue weighted by Gasteiger charge is -2.26. The van der Waals surface area contributed by atoms with Crippen LogP contribution in [-0.4, -0.2) is 36.1 Å². The maximum Gasteiger partial charge on any atom is 0.290 e. The van der Waals surface area contributed by atoms with E-state index in [0.29, 0.717) is 11.9 Å². The van der Waals surface area contributed by atoms with Gasteiger partial charge in [-0.25, -0.2) is 4.98 Å². The molecule has 1 atom stereocenters. The Hall–Kier alpha value is -1.36. The fourth-order valence-corrected chi connectivity index (χ4v) is 2.16. The number of nitrogens with zero attached hydrogens (tertiary/aromatic N) is 2. The molecule has 0 aliphatic carbocycles. The van der Waals surface area contributed by atoms with Gasteiger partial charge in [-0.2, -0.15) is 0 Å². The van der Waals surface area contributed by atoms with E-state index >= 15 is 0 Å². The molecule has 5 heteroatoms. The van der Waals surface area contributed by atoms with E-state index in [-0.39, 0.29) is 5.56 Å². The molecule has 5 nitrogen and oxygen atoms in total. The number of aromatic amines is 1. The Kier molecular flexibility index (Phi) is 3.56. The zero-order chi connectivity index (χ0) is 11.4. The number of nitrogens with one attached hydrogen (secondary N) is 2. The van der Waals surface area contributed by atoms with Crippen molar-refractivity contribution in [2.45, 2.75) is 25.3 Å². The third kappa shape index (κ3) is 2.41. The van der Waals surface area contributed by atoms with Crippen molar-refractivity contribution >= 4 is 5.82 Å². The van der Waals surface area contributed by atoms with E-state index in [1.807, 2.05) is 11.9 Å². The van der Waals surface area contributed by atoms with Crippen LogP contribution in [0.15, 0.2) is 17.2 Å². The van der Waals surface area contributed by atoms with E-state index < -0.39 is 0 Å². The summed E-state index contributed by atoms with van der Waals surface area (Å²) in [4.78, 5) is 20.4. The first-order valence-corrected chi connectivity index (χ1v) is 5.76. The SMILES string of the molecule is CN(c1ncc[nH]c1=O)C1CCCNCC1. The van der Waals surface area contributed by atoms with Gasteiger partial charge in [0, 0.05) is 25.5 Å². The Labute approximate surface area is 94.9 Å². The Balaban J connectivity index is 2.14. The smallest absolute Gasteiger partial charge is 0.290 e. The van der Waals surface area contributed by atoms with Crippen LogP contribution in [0.2, 0.25) is 0 Å². The number of H-pyrrole nitrogens is 1. The van der Waals surface area contributed by atoms with Crippen molar-refractivity contribution in [2.24, 2.45) is 0 Å². The molecule has 0 aromatic carbocycles. The number of hydrogen-bond acceptors (Lipinski definition) is 4. The van der Waals surface area contributed by atoms with Gasteiger partial charge in [0.2, 0.25) is 0 Å². The summed E-state index contributed by atoms with van der Waals surface area (Å²) in [6.07, 6.45) is 6.52. The van der Waals surface area contributed by atoms with Crippen molar-refractivity contribution in [1.82, 2.24) is 15.3 Å². The second-order valence-electron chi connectivity index (χ2n) is 4.19. The number of rotatable bonds is 2. The highest BCUT2D eigenvalue weighted by molar-refractivity contribution is 5.35. The van der Waals surface area contributed by atoms with Gasteiger partial charge in [0.05, 0.1) is 0 Å². The third-order valence-electron chi connectivity index (χ3n) is 3.12. The van der Waals surface area contributed by atoms with Gasteiger partial charge < -0.3 is 15.2 Å².